The van der Waals surface area contributed by atoms with Gasteiger partial charge in [0.15, 0.2) is 5.16 Å². The van der Waals surface area contributed by atoms with Crippen LogP contribution >= 0.6 is 11.8 Å². The van der Waals surface area contributed by atoms with Crippen LogP contribution < -0.4 is 0 Å². The lowest BCUT2D eigenvalue weighted by Crippen LogP contribution is -2.49. The lowest BCUT2D eigenvalue weighted by Gasteiger charge is -2.40. The second-order valence-electron chi connectivity index (χ2n) is 11.7. The molecule has 2 heterocycles. The molecule has 1 amide bonds. The van der Waals surface area contributed by atoms with E-state index < -0.39 is 0 Å². The van der Waals surface area contributed by atoms with Gasteiger partial charge in [-0.05, 0) is 24.0 Å². The second-order valence-corrected chi connectivity index (χ2v) is 12.7. The predicted molar refractivity (Wildman–Crippen MR) is 191 cm³/mol. The number of piperazine rings is 1. The molecule has 5 nitrogen and oxygen atoms in total. The third-order valence-corrected chi connectivity index (χ3v) is 9.68. The summed E-state index contributed by atoms with van der Waals surface area (Å²) in [5.74, 6) is 1.18. The number of carbonyl (C=O) groups is 1. The zero-order valence-electron chi connectivity index (χ0n) is 26.4. The Morgan fingerprint density at radius 2 is 1.28 bits per heavy atom. The Labute approximate surface area is 277 Å². The number of carbonyl (C=O) groups excluding carboxylic acids is 1. The highest BCUT2D eigenvalue weighted by molar-refractivity contribution is 7.99. The molecule has 1 aliphatic heterocycles. The summed E-state index contributed by atoms with van der Waals surface area (Å²) in [7, 11) is 0. The molecule has 6 rings (SSSR count). The number of thioether (sulfide) groups is 1. The van der Waals surface area contributed by atoms with E-state index in [1.54, 1.807) is 11.8 Å². The SMILES string of the molecule is C=CCn1c(SCCCCC(=O)N2CCN(C(c3ccccc3)c3ccccc3)CC2)nc(-c2ccccc2)c1-c1ccccc1. The number of hydrogen-bond donors (Lipinski definition) is 0. The van der Waals surface area contributed by atoms with Crippen molar-refractivity contribution in [3.63, 3.8) is 0 Å². The topological polar surface area (TPSA) is 41.4 Å². The van der Waals surface area contributed by atoms with Crippen molar-refractivity contribution in [1.29, 1.82) is 0 Å². The van der Waals surface area contributed by atoms with Crippen LogP contribution in [0.15, 0.2) is 139 Å². The first-order chi connectivity index (χ1) is 22.7. The van der Waals surface area contributed by atoms with Crippen molar-refractivity contribution in [1.82, 2.24) is 19.4 Å². The van der Waals surface area contributed by atoms with E-state index in [4.69, 9.17) is 4.98 Å². The Balaban J connectivity index is 1.04. The summed E-state index contributed by atoms with van der Waals surface area (Å²) < 4.78 is 2.28. The fourth-order valence-corrected chi connectivity index (χ4v) is 7.35. The standard InChI is InChI=1S/C40H42N4OS/c1-2-26-44-39(35-23-13-6-14-24-35)37(32-17-7-3-8-18-32)41-40(44)46-31-16-15-25-36(45)42-27-29-43(30-28-42)38(33-19-9-4-10-20-33)34-21-11-5-12-22-34/h2-14,17-24,38H,1,15-16,25-31H2. The van der Waals surface area contributed by atoms with E-state index in [1.165, 1.54) is 11.1 Å². The maximum absolute atomic E-state index is 13.2. The van der Waals surface area contributed by atoms with Gasteiger partial charge in [-0.2, -0.15) is 0 Å². The molecule has 0 N–H and O–H groups in total. The van der Waals surface area contributed by atoms with Gasteiger partial charge in [0.2, 0.25) is 5.91 Å². The molecule has 1 aliphatic rings. The average Bonchev–Trinajstić information content (AvgIpc) is 3.48. The molecule has 0 aliphatic carbocycles. The van der Waals surface area contributed by atoms with Crippen molar-refractivity contribution in [2.24, 2.45) is 0 Å². The van der Waals surface area contributed by atoms with E-state index in [0.29, 0.717) is 13.0 Å². The maximum Gasteiger partial charge on any atom is 0.222 e. The van der Waals surface area contributed by atoms with Gasteiger partial charge in [0.05, 0.1) is 17.4 Å². The molecule has 1 fully saturated rings. The van der Waals surface area contributed by atoms with Crippen LogP contribution in [0.1, 0.15) is 36.4 Å². The first-order valence-electron chi connectivity index (χ1n) is 16.3. The van der Waals surface area contributed by atoms with Gasteiger partial charge in [0.1, 0.15) is 0 Å². The first kappa shape index (κ1) is 31.6. The van der Waals surface area contributed by atoms with Gasteiger partial charge in [-0.1, -0.05) is 139 Å². The fraction of sp³-hybridized carbons (Fsp3) is 0.250. The Kier molecular flexibility index (Phi) is 10.8. The number of rotatable bonds is 13. The van der Waals surface area contributed by atoms with Crippen LogP contribution in [0.25, 0.3) is 22.5 Å². The molecule has 234 valence electrons. The van der Waals surface area contributed by atoms with E-state index in [0.717, 1.165) is 72.4 Å². The minimum atomic E-state index is 0.204. The number of aromatic nitrogens is 2. The van der Waals surface area contributed by atoms with E-state index in [9.17, 15) is 4.79 Å². The zero-order chi connectivity index (χ0) is 31.6. The number of amides is 1. The van der Waals surface area contributed by atoms with Gasteiger partial charge in [-0.3, -0.25) is 9.69 Å². The Hall–Kier alpha value is -4.39. The summed E-state index contributed by atoms with van der Waals surface area (Å²) in [6.45, 7) is 8.00. The molecular formula is C40H42N4OS. The zero-order valence-corrected chi connectivity index (χ0v) is 27.2. The highest BCUT2D eigenvalue weighted by Gasteiger charge is 2.28. The highest BCUT2D eigenvalue weighted by atomic mass is 32.2. The lowest BCUT2D eigenvalue weighted by molar-refractivity contribution is -0.133. The van der Waals surface area contributed by atoms with Gasteiger partial charge < -0.3 is 9.47 Å². The molecular weight excluding hydrogens is 585 g/mol. The summed E-state index contributed by atoms with van der Waals surface area (Å²) in [6, 6.07) is 42.5. The van der Waals surface area contributed by atoms with E-state index in [1.807, 2.05) is 18.2 Å². The van der Waals surface area contributed by atoms with Crippen LogP contribution in [0.3, 0.4) is 0 Å². The van der Waals surface area contributed by atoms with Gasteiger partial charge in [0, 0.05) is 56.0 Å². The van der Waals surface area contributed by atoms with Crippen LogP contribution in [0.2, 0.25) is 0 Å². The molecule has 1 saturated heterocycles. The number of hydrogen-bond acceptors (Lipinski definition) is 4. The molecule has 0 spiro atoms. The number of imidazole rings is 1. The minimum Gasteiger partial charge on any atom is -0.340 e. The number of benzene rings is 4. The van der Waals surface area contributed by atoms with Crippen molar-refractivity contribution < 1.29 is 4.79 Å². The predicted octanol–water partition coefficient (Wildman–Crippen LogP) is 8.60. The van der Waals surface area contributed by atoms with Gasteiger partial charge in [0.25, 0.3) is 0 Å². The number of allylic oxidation sites excluding steroid dienone is 1. The molecule has 0 saturated carbocycles. The summed E-state index contributed by atoms with van der Waals surface area (Å²) in [5.41, 5.74) is 6.96. The van der Waals surface area contributed by atoms with Crippen molar-refractivity contribution in [3.05, 3.63) is 145 Å². The third-order valence-electron chi connectivity index (χ3n) is 8.62. The van der Waals surface area contributed by atoms with Crippen molar-refractivity contribution in [2.75, 3.05) is 31.9 Å². The van der Waals surface area contributed by atoms with Crippen LogP contribution in [0, 0.1) is 0 Å². The van der Waals surface area contributed by atoms with Crippen molar-refractivity contribution >= 4 is 17.7 Å². The van der Waals surface area contributed by atoms with E-state index >= 15 is 0 Å². The van der Waals surface area contributed by atoms with Crippen LogP contribution in [0.4, 0.5) is 0 Å². The summed E-state index contributed by atoms with van der Waals surface area (Å²) in [4.78, 5) is 22.9. The van der Waals surface area contributed by atoms with Gasteiger partial charge in [-0.15, -0.1) is 6.58 Å². The smallest absolute Gasteiger partial charge is 0.222 e. The van der Waals surface area contributed by atoms with Crippen LogP contribution in [-0.4, -0.2) is 57.2 Å². The van der Waals surface area contributed by atoms with Gasteiger partial charge >= 0.3 is 0 Å². The lowest BCUT2D eigenvalue weighted by atomic mass is 9.96. The van der Waals surface area contributed by atoms with Crippen molar-refractivity contribution in [2.45, 2.75) is 37.0 Å². The molecule has 5 aromatic rings. The monoisotopic (exact) mass is 626 g/mol. The Morgan fingerprint density at radius 3 is 1.85 bits per heavy atom. The average molecular weight is 627 g/mol. The molecule has 0 atom stereocenters. The van der Waals surface area contributed by atoms with E-state index in [-0.39, 0.29) is 11.9 Å². The van der Waals surface area contributed by atoms with Gasteiger partial charge in [-0.25, -0.2) is 4.98 Å². The molecule has 0 unspecified atom stereocenters. The molecule has 1 aromatic heterocycles. The molecule has 46 heavy (non-hydrogen) atoms. The highest BCUT2D eigenvalue weighted by Crippen LogP contribution is 2.36. The maximum atomic E-state index is 13.2. The summed E-state index contributed by atoms with van der Waals surface area (Å²) in [5, 5.41) is 0.992. The van der Waals surface area contributed by atoms with Crippen LogP contribution in [0.5, 0.6) is 0 Å². The third kappa shape index (κ3) is 7.52. The Bertz CT molecular complexity index is 1640. The molecule has 0 bridgehead atoms. The number of unbranched alkanes of at least 4 members (excludes halogenated alkanes) is 1. The normalized spacial score (nSPS) is 13.6. The Morgan fingerprint density at radius 1 is 0.739 bits per heavy atom. The van der Waals surface area contributed by atoms with E-state index in [2.05, 4.69) is 130 Å². The quantitative estimate of drug-likeness (QED) is 0.0746. The largest absolute Gasteiger partial charge is 0.340 e. The van der Waals surface area contributed by atoms with Crippen LogP contribution in [-0.2, 0) is 11.3 Å². The molecule has 4 aromatic carbocycles. The summed E-state index contributed by atoms with van der Waals surface area (Å²) >= 11 is 1.77. The number of nitrogens with zero attached hydrogens (tertiary/aromatic N) is 4. The molecule has 6 heteroatoms. The summed E-state index contributed by atoms with van der Waals surface area (Å²) in [6.07, 6.45) is 4.37. The first-order valence-corrected chi connectivity index (χ1v) is 17.3. The minimum absolute atomic E-state index is 0.204. The second kappa shape index (κ2) is 15.7. The molecule has 0 radical (unpaired) electrons. The van der Waals surface area contributed by atoms with Crippen molar-refractivity contribution in [3.8, 4) is 22.5 Å². The fourth-order valence-electron chi connectivity index (χ4n) is 6.34.